The minimum Gasteiger partial charge on any atom is -0.316 e. The Kier molecular flexibility index (Phi) is 6.29. The van der Waals surface area contributed by atoms with Crippen molar-refractivity contribution in [1.29, 1.82) is 0 Å². The molecule has 1 aromatic carbocycles. The number of benzene rings is 1. The lowest BCUT2D eigenvalue weighted by atomic mass is 9.70. The van der Waals surface area contributed by atoms with Gasteiger partial charge in [0.2, 0.25) is 0 Å². The Hall–Kier alpha value is -0.820. The van der Waals surface area contributed by atoms with Gasteiger partial charge in [-0.1, -0.05) is 63.4 Å². The van der Waals surface area contributed by atoms with Crippen molar-refractivity contribution in [2.24, 2.45) is 17.8 Å². The Morgan fingerprint density at radius 2 is 2.05 bits per heavy atom. The number of hydrogen-bond acceptors (Lipinski definition) is 1. The van der Waals surface area contributed by atoms with E-state index in [1.165, 1.54) is 37.8 Å². The van der Waals surface area contributed by atoms with Crippen molar-refractivity contribution >= 4 is 0 Å². The van der Waals surface area contributed by atoms with Gasteiger partial charge in [0.1, 0.15) is 0 Å². The lowest BCUT2D eigenvalue weighted by Gasteiger charge is -2.37. The molecule has 0 spiro atoms. The molecule has 0 bridgehead atoms. The van der Waals surface area contributed by atoms with Crippen LogP contribution in [0, 0.1) is 24.7 Å². The van der Waals surface area contributed by atoms with Crippen LogP contribution < -0.4 is 5.32 Å². The molecule has 118 valence electrons. The number of rotatable bonds is 6. The lowest BCUT2D eigenvalue weighted by Crippen LogP contribution is -2.33. The summed E-state index contributed by atoms with van der Waals surface area (Å²) < 4.78 is 0. The predicted molar refractivity (Wildman–Crippen MR) is 92.7 cm³/mol. The molecule has 1 N–H and O–H groups in total. The van der Waals surface area contributed by atoms with E-state index < -0.39 is 0 Å². The highest BCUT2D eigenvalue weighted by Gasteiger charge is 2.30. The van der Waals surface area contributed by atoms with E-state index in [0.717, 1.165) is 30.2 Å². The van der Waals surface area contributed by atoms with Crippen LogP contribution in [0.25, 0.3) is 0 Å². The first-order valence-corrected chi connectivity index (χ1v) is 8.87. The van der Waals surface area contributed by atoms with Gasteiger partial charge in [-0.15, -0.1) is 0 Å². The molecule has 3 unspecified atom stereocenters. The van der Waals surface area contributed by atoms with Crippen LogP contribution in [0.1, 0.15) is 63.5 Å². The number of aryl methyl sites for hydroxylation is 1. The van der Waals surface area contributed by atoms with Gasteiger partial charge in [0, 0.05) is 0 Å². The first-order valence-electron chi connectivity index (χ1n) is 8.87. The number of hydrogen-bond donors (Lipinski definition) is 1. The summed E-state index contributed by atoms with van der Waals surface area (Å²) in [4.78, 5) is 0. The molecule has 1 fully saturated rings. The molecule has 1 aromatic rings. The fraction of sp³-hybridized carbons (Fsp3) is 0.700. The highest BCUT2D eigenvalue weighted by molar-refractivity contribution is 5.26. The van der Waals surface area contributed by atoms with Gasteiger partial charge >= 0.3 is 0 Å². The monoisotopic (exact) mass is 287 g/mol. The molecule has 1 aliphatic carbocycles. The zero-order valence-corrected chi connectivity index (χ0v) is 14.4. The van der Waals surface area contributed by atoms with Crippen molar-refractivity contribution < 1.29 is 0 Å². The molecular formula is C20H33N. The third-order valence-electron chi connectivity index (χ3n) is 5.11. The summed E-state index contributed by atoms with van der Waals surface area (Å²) in [6.45, 7) is 11.5. The van der Waals surface area contributed by atoms with E-state index in [1.807, 2.05) is 0 Å². The second kappa shape index (κ2) is 7.98. The first-order chi connectivity index (χ1) is 10.1. The van der Waals surface area contributed by atoms with E-state index in [2.05, 4.69) is 57.3 Å². The minimum atomic E-state index is 0.745. The molecule has 0 amide bonds. The quantitative estimate of drug-likeness (QED) is 0.763. The average molecular weight is 287 g/mol. The molecule has 1 nitrogen and oxygen atoms in total. The van der Waals surface area contributed by atoms with E-state index in [1.54, 1.807) is 5.56 Å². The SMILES string of the molecule is CCC1CCC(CNCC(C)C)C(c2cccc(C)c2)C1. The van der Waals surface area contributed by atoms with Crippen molar-refractivity contribution in [1.82, 2.24) is 5.32 Å². The second-order valence-electron chi connectivity index (χ2n) is 7.42. The predicted octanol–water partition coefficient (Wildman–Crippen LogP) is 5.15. The maximum atomic E-state index is 3.70. The molecule has 0 aliphatic heterocycles. The molecule has 3 atom stereocenters. The van der Waals surface area contributed by atoms with E-state index in [0.29, 0.717) is 0 Å². The van der Waals surface area contributed by atoms with E-state index in [4.69, 9.17) is 0 Å². The van der Waals surface area contributed by atoms with Crippen LogP contribution in [-0.4, -0.2) is 13.1 Å². The molecular weight excluding hydrogens is 254 g/mol. The van der Waals surface area contributed by atoms with E-state index in [-0.39, 0.29) is 0 Å². The maximum Gasteiger partial charge on any atom is -0.00146 e. The van der Waals surface area contributed by atoms with Crippen LogP contribution >= 0.6 is 0 Å². The fourth-order valence-corrected chi connectivity index (χ4v) is 3.80. The van der Waals surface area contributed by atoms with Gasteiger partial charge in [0.15, 0.2) is 0 Å². The van der Waals surface area contributed by atoms with Gasteiger partial charge in [0.25, 0.3) is 0 Å². The molecule has 0 radical (unpaired) electrons. The van der Waals surface area contributed by atoms with Crippen molar-refractivity contribution in [3.8, 4) is 0 Å². The molecule has 0 heterocycles. The standard InChI is InChI=1S/C20H33N/c1-5-17-9-10-19(14-21-13-15(2)3)20(12-17)18-8-6-7-16(4)11-18/h6-8,11,15,17,19-21H,5,9-10,12-14H2,1-4H3. The minimum absolute atomic E-state index is 0.745. The van der Waals surface area contributed by atoms with E-state index >= 15 is 0 Å². The topological polar surface area (TPSA) is 12.0 Å². The first kappa shape index (κ1) is 16.5. The van der Waals surface area contributed by atoms with Gasteiger partial charge in [-0.3, -0.25) is 0 Å². The van der Waals surface area contributed by atoms with Crippen molar-refractivity contribution in [3.63, 3.8) is 0 Å². The molecule has 1 saturated carbocycles. The van der Waals surface area contributed by atoms with Gasteiger partial charge in [-0.25, -0.2) is 0 Å². The summed E-state index contributed by atoms with van der Waals surface area (Å²) in [7, 11) is 0. The summed E-state index contributed by atoms with van der Waals surface area (Å²) in [5.41, 5.74) is 2.98. The van der Waals surface area contributed by atoms with Gasteiger partial charge in [0.05, 0.1) is 0 Å². The molecule has 2 rings (SSSR count). The van der Waals surface area contributed by atoms with Crippen LogP contribution in [0.3, 0.4) is 0 Å². The van der Waals surface area contributed by atoms with Crippen LogP contribution in [0.2, 0.25) is 0 Å². The Balaban J connectivity index is 2.06. The largest absolute Gasteiger partial charge is 0.316 e. The Morgan fingerprint density at radius 3 is 2.71 bits per heavy atom. The van der Waals surface area contributed by atoms with Crippen molar-refractivity contribution in [3.05, 3.63) is 35.4 Å². The summed E-state index contributed by atoms with van der Waals surface area (Å²) in [6, 6.07) is 9.22. The summed E-state index contributed by atoms with van der Waals surface area (Å²) >= 11 is 0. The van der Waals surface area contributed by atoms with Gasteiger partial charge in [-0.2, -0.15) is 0 Å². The zero-order chi connectivity index (χ0) is 15.2. The normalized spacial score (nSPS) is 26.2. The Morgan fingerprint density at radius 1 is 1.24 bits per heavy atom. The third kappa shape index (κ3) is 4.85. The molecule has 0 saturated heterocycles. The molecule has 21 heavy (non-hydrogen) atoms. The smallest absolute Gasteiger partial charge is 0.00146 e. The molecule has 0 aromatic heterocycles. The second-order valence-corrected chi connectivity index (χ2v) is 7.42. The molecule has 1 aliphatic rings. The van der Waals surface area contributed by atoms with Crippen LogP contribution in [0.4, 0.5) is 0 Å². The highest BCUT2D eigenvalue weighted by atomic mass is 14.9. The average Bonchev–Trinajstić information content (AvgIpc) is 2.47. The van der Waals surface area contributed by atoms with Crippen LogP contribution in [0.15, 0.2) is 24.3 Å². The highest BCUT2D eigenvalue weighted by Crippen LogP contribution is 2.41. The van der Waals surface area contributed by atoms with Gasteiger partial charge in [-0.05, 0) is 62.1 Å². The van der Waals surface area contributed by atoms with Gasteiger partial charge < -0.3 is 5.32 Å². The summed E-state index contributed by atoms with van der Waals surface area (Å²) in [5.74, 6) is 3.24. The molecule has 1 heteroatoms. The van der Waals surface area contributed by atoms with Crippen molar-refractivity contribution in [2.75, 3.05) is 13.1 Å². The van der Waals surface area contributed by atoms with Crippen LogP contribution in [0.5, 0.6) is 0 Å². The van der Waals surface area contributed by atoms with E-state index in [9.17, 15) is 0 Å². The number of nitrogens with one attached hydrogen (secondary N) is 1. The maximum absolute atomic E-state index is 3.70. The Bertz CT molecular complexity index is 424. The van der Waals surface area contributed by atoms with Crippen molar-refractivity contribution in [2.45, 2.75) is 59.3 Å². The Labute approximate surface area is 131 Å². The summed E-state index contributed by atoms with van der Waals surface area (Å²) in [6.07, 6.45) is 5.54. The summed E-state index contributed by atoms with van der Waals surface area (Å²) in [5, 5.41) is 3.70. The lowest BCUT2D eigenvalue weighted by molar-refractivity contribution is 0.224. The third-order valence-corrected chi connectivity index (χ3v) is 5.11. The zero-order valence-electron chi connectivity index (χ0n) is 14.4. The van der Waals surface area contributed by atoms with Crippen LogP contribution in [-0.2, 0) is 0 Å². The fourth-order valence-electron chi connectivity index (χ4n) is 3.80.